The molecule has 0 amide bonds. The number of aromatic nitrogens is 3. The van der Waals surface area contributed by atoms with E-state index in [-0.39, 0.29) is 11.8 Å². The van der Waals surface area contributed by atoms with E-state index in [9.17, 15) is 4.21 Å². The fourth-order valence-corrected chi connectivity index (χ4v) is 4.49. The molecule has 26 heavy (non-hydrogen) atoms. The fraction of sp³-hybridized carbons (Fsp3) is 0.333. The number of alkyl halides is 1. The van der Waals surface area contributed by atoms with Crippen molar-refractivity contribution in [3.63, 3.8) is 0 Å². The maximum Gasteiger partial charge on any atom is 0.201 e. The fourth-order valence-electron chi connectivity index (χ4n) is 2.90. The predicted octanol–water partition coefficient (Wildman–Crippen LogP) is 3.57. The first-order valence-electron chi connectivity index (χ1n) is 7.97. The molecule has 2 heterocycles. The zero-order valence-corrected chi connectivity index (χ0v) is 16.6. The summed E-state index contributed by atoms with van der Waals surface area (Å²) >= 11 is 6.11. The van der Waals surface area contributed by atoms with E-state index >= 15 is 0 Å². The summed E-state index contributed by atoms with van der Waals surface area (Å²) in [6, 6.07) is 5.63. The summed E-state index contributed by atoms with van der Waals surface area (Å²) in [5.41, 5.74) is 4.06. The van der Waals surface area contributed by atoms with Crippen LogP contribution >= 0.6 is 11.6 Å². The van der Waals surface area contributed by atoms with E-state index in [2.05, 4.69) is 9.97 Å². The van der Waals surface area contributed by atoms with Crippen molar-refractivity contribution in [2.24, 2.45) is 0 Å². The Morgan fingerprint density at radius 3 is 2.65 bits per heavy atom. The third kappa shape index (κ3) is 3.29. The lowest BCUT2D eigenvalue weighted by atomic mass is 10.1. The molecule has 0 spiro atoms. The summed E-state index contributed by atoms with van der Waals surface area (Å²) < 4.78 is 25.4. The minimum atomic E-state index is -1.41. The number of hydrogen-bond acceptors (Lipinski definition) is 5. The van der Waals surface area contributed by atoms with Gasteiger partial charge in [0.1, 0.15) is 11.5 Å². The molecular weight excluding hydrogens is 374 g/mol. The molecule has 1 aromatic carbocycles. The summed E-state index contributed by atoms with van der Waals surface area (Å²) in [6.45, 7) is 3.85. The Morgan fingerprint density at radius 1 is 1.23 bits per heavy atom. The van der Waals surface area contributed by atoms with E-state index in [0.717, 1.165) is 33.6 Å². The van der Waals surface area contributed by atoms with Crippen LogP contribution in [-0.4, -0.2) is 33.0 Å². The summed E-state index contributed by atoms with van der Waals surface area (Å²) in [4.78, 5) is 8.93. The number of nitrogens with zero attached hydrogens (tertiary/aromatic N) is 3. The van der Waals surface area contributed by atoms with Gasteiger partial charge in [-0.3, -0.25) is 9.19 Å². The second kappa shape index (κ2) is 7.63. The molecule has 3 aromatic rings. The first-order valence-corrected chi connectivity index (χ1v) is 9.83. The van der Waals surface area contributed by atoms with Crippen LogP contribution in [0.4, 0.5) is 0 Å². The molecule has 0 aliphatic heterocycles. The van der Waals surface area contributed by atoms with Gasteiger partial charge in [0.25, 0.3) is 0 Å². The Balaban J connectivity index is 2.01. The van der Waals surface area contributed by atoms with Crippen molar-refractivity contribution >= 4 is 33.4 Å². The van der Waals surface area contributed by atoms with Crippen LogP contribution in [0.25, 0.3) is 11.0 Å². The molecule has 0 saturated heterocycles. The SMILES string of the molecule is COc1ccc2nc([S@@](=O)Cc3ncc(C)c(OC)c3C)n(CCl)c2c1. The number of rotatable bonds is 6. The van der Waals surface area contributed by atoms with Crippen LogP contribution in [0, 0.1) is 13.8 Å². The number of aryl methyl sites for hydroxylation is 1. The quantitative estimate of drug-likeness (QED) is 0.599. The number of imidazole rings is 1. The van der Waals surface area contributed by atoms with Crippen molar-refractivity contribution in [1.29, 1.82) is 0 Å². The van der Waals surface area contributed by atoms with Crippen molar-refractivity contribution < 1.29 is 13.7 Å². The maximum atomic E-state index is 13.0. The smallest absolute Gasteiger partial charge is 0.201 e. The van der Waals surface area contributed by atoms with Crippen molar-refractivity contribution in [2.75, 3.05) is 14.2 Å². The molecule has 0 aliphatic carbocycles. The van der Waals surface area contributed by atoms with Crippen molar-refractivity contribution in [3.8, 4) is 11.5 Å². The van der Waals surface area contributed by atoms with Crippen LogP contribution < -0.4 is 9.47 Å². The molecule has 0 N–H and O–H groups in total. The van der Waals surface area contributed by atoms with Crippen LogP contribution in [0.3, 0.4) is 0 Å². The van der Waals surface area contributed by atoms with Crippen LogP contribution in [0.1, 0.15) is 16.8 Å². The Hall–Kier alpha value is -2.12. The lowest BCUT2D eigenvalue weighted by Crippen LogP contribution is -2.08. The molecule has 138 valence electrons. The lowest BCUT2D eigenvalue weighted by molar-refractivity contribution is 0.407. The highest BCUT2D eigenvalue weighted by Gasteiger charge is 2.19. The van der Waals surface area contributed by atoms with Crippen molar-refractivity contribution in [2.45, 2.75) is 30.8 Å². The Morgan fingerprint density at radius 2 is 2.00 bits per heavy atom. The zero-order valence-electron chi connectivity index (χ0n) is 15.1. The molecule has 3 rings (SSSR count). The third-order valence-corrected chi connectivity index (χ3v) is 5.75. The largest absolute Gasteiger partial charge is 0.497 e. The van der Waals surface area contributed by atoms with Crippen LogP contribution in [-0.2, 0) is 22.6 Å². The molecule has 0 aliphatic rings. The van der Waals surface area contributed by atoms with Gasteiger partial charge in [0.05, 0.1) is 53.5 Å². The van der Waals surface area contributed by atoms with Crippen LogP contribution in [0.15, 0.2) is 29.6 Å². The number of pyridine rings is 1. The van der Waals surface area contributed by atoms with E-state index < -0.39 is 10.8 Å². The summed E-state index contributed by atoms with van der Waals surface area (Å²) in [7, 11) is 1.81. The maximum absolute atomic E-state index is 13.0. The Kier molecular flexibility index (Phi) is 5.48. The summed E-state index contributed by atoms with van der Waals surface area (Å²) in [5, 5.41) is 0.420. The van der Waals surface area contributed by atoms with Gasteiger partial charge in [0.15, 0.2) is 0 Å². The van der Waals surface area contributed by atoms with Gasteiger partial charge in [-0.25, -0.2) is 4.98 Å². The van der Waals surface area contributed by atoms with Crippen molar-refractivity contribution in [1.82, 2.24) is 14.5 Å². The van der Waals surface area contributed by atoms with Gasteiger partial charge in [-0.05, 0) is 26.0 Å². The molecule has 8 heteroatoms. The molecular formula is C18H20ClN3O3S. The van der Waals surface area contributed by atoms with Gasteiger partial charge >= 0.3 is 0 Å². The highest BCUT2D eigenvalue weighted by Crippen LogP contribution is 2.28. The predicted molar refractivity (Wildman–Crippen MR) is 103 cm³/mol. The van der Waals surface area contributed by atoms with E-state index in [4.69, 9.17) is 21.1 Å². The number of fused-ring (bicyclic) bond motifs is 1. The number of ether oxygens (including phenoxy) is 2. The number of halogens is 1. The van der Waals surface area contributed by atoms with Gasteiger partial charge < -0.3 is 14.0 Å². The first kappa shape index (κ1) is 18.7. The summed E-state index contributed by atoms with van der Waals surface area (Å²) in [6.07, 6.45) is 1.73. The van der Waals surface area contributed by atoms with Gasteiger partial charge in [0, 0.05) is 23.4 Å². The lowest BCUT2D eigenvalue weighted by Gasteiger charge is -2.12. The monoisotopic (exact) mass is 393 g/mol. The first-order chi connectivity index (χ1) is 12.5. The van der Waals surface area contributed by atoms with E-state index in [1.54, 1.807) is 25.0 Å². The standard InChI is InChI=1S/C18H20ClN3O3S/c1-11-8-20-15(12(2)17(11)25-4)9-26(23)18-21-14-6-5-13(24-3)7-16(14)22(18)10-19/h5-8H,9-10H2,1-4H3/t26-/m0/s1. The summed E-state index contributed by atoms with van der Waals surface area (Å²) in [5.74, 6) is 1.70. The molecule has 1 atom stereocenters. The molecule has 0 radical (unpaired) electrons. The number of benzene rings is 1. The van der Waals surface area contributed by atoms with Gasteiger partial charge in [-0.1, -0.05) is 0 Å². The topological polar surface area (TPSA) is 66.2 Å². The van der Waals surface area contributed by atoms with E-state index in [1.165, 1.54) is 0 Å². The second-order valence-corrected chi connectivity index (χ2v) is 7.42. The Labute approximate surface area is 159 Å². The molecule has 0 saturated carbocycles. The van der Waals surface area contributed by atoms with Gasteiger partial charge in [-0.2, -0.15) is 0 Å². The van der Waals surface area contributed by atoms with Crippen molar-refractivity contribution in [3.05, 3.63) is 41.2 Å². The van der Waals surface area contributed by atoms with Gasteiger partial charge in [0.2, 0.25) is 5.16 Å². The minimum absolute atomic E-state index is 0.147. The molecule has 6 nitrogen and oxygen atoms in total. The molecule has 0 bridgehead atoms. The highest BCUT2D eigenvalue weighted by molar-refractivity contribution is 7.84. The average molecular weight is 394 g/mol. The van der Waals surface area contributed by atoms with E-state index in [0.29, 0.717) is 10.9 Å². The van der Waals surface area contributed by atoms with Crippen LogP contribution in [0.2, 0.25) is 0 Å². The normalized spacial score (nSPS) is 12.3. The minimum Gasteiger partial charge on any atom is -0.497 e. The Bertz CT molecular complexity index is 987. The molecule has 2 aromatic heterocycles. The van der Waals surface area contributed by atoms with Crippen LogP contribution in [0.5, 0.6) is 11.5 Å². The zero-order chi connectivity index (χ0) is 18.8. The second-order valence-electron chi connectivity index (χ2n) is 5.83. The molecule has 0 fully saturated rings. The average Bonchev–Trinajstić information content (AvgIpc) is 3.02. The number of methoxy groups -OCH3 is 2. The molecule has 0 unspecified atom stereocenters. The van der Waals surface area contributed by atoms with E-state index in [1.807, 2.05) is 32.0 Å². The van der Waals surface area contributed by atoms with Gasteiger partial charge in [-0.15, -0.1) is 11.6 Å². The number of hydrogen-bond donors (Lipinski definition) is 0. The third-order valence-electron chi connectivity index (χ3n) is 4.26. The highest BCUT2D eigenvalue weighted by atomic mass is 35.5.